The Kier molecular flexibility index (Phi) is 4.55. The van der Waals surface area contributed by atoms with Gasteiger partial charge in [-0.15, -0.1) is 0 Å². The zero-order valence-electron chi connectivity index (χ0n) is 13.4. The summed E-state index contributed by atoms with van der Waals surface area (Å²) in [6.07, 6.45) is 0. The topological polar surface area (TPSA) is 71.2 Å². The number of aromatic amines is 1. The number of aromatic nitrogens is 1. The molecule has 2 N–H and O–H groups in total. The van der Waals surface area contributed by atoms with Crippen LogP contribution in [0.1, 0.15) is 15.9 Å². The van der Waals surface area contributed by atoms with Crippen LogP contribution in [0.5, 0.6) is 0 Å². The summed E-state index contributed by atoms with van der Waals surface area (Å²) in [7, 11) is 1.57. The molecule has 1 heterocycles. The summed E-state index contributed by atoms with van der Waals surface area (Å²) >= 11 is 6.23. The number of hydrogen-bond acceptors (Lipinski definition) is 3. The monoisotopic (exact) mass is 344 g/mol. The summed E-state index contributed by atoms with van der Waals surface area (Å²) in [5, 5.41) is 3.97. The van der Waals surface area contributed by atoms with Gasteiger partial charge < -0.3 is 15.0 Å². The highest BCUT2D eigenvalue weighted by molar-refractivity contribution is 6.36. The zero-order chi connectivity index (χ0) is 17.3. The van der Waals surface area contributed by atoms with Crippen molar-refractivity contribution in [3.05, 3.63) is 56.7 Å². The summed E-state index contributed by atoms with van der Waals surface area (Å²) in [4.78, 5) is 28.5. The van der Waals surface area contributed by atoms with Crippen molar-refractivity contribution in [3.8, 4) is 0 Å². The Labute approximate surface area is 143 Å². The minimum atomic E-state index is -0.280. The Balaban J connectivity index is 2.27. The van der Waals surface area contributed by atoms with Crippen molar-refractivity contribution in [2.75, 3.05) is 20.3 Å². The first kappa shape index (κ1) is 16.5. The maximum absolute atomic E-state index is 12.8. The van der Waals surface area contributed by atoms with E-state index in [0.29, 0.717) is 45.5 Å². The third-order valence-corrected chi connectivity index (χ3v) is 4.30. The highest BCUT2D eigenvalue weighted by Crippen LogP contribution is 2.26. The van der Waals surface area contributed by atoms with Gasteiger partial charge in [0.15, 0.2) is 5.43 Å². The van der Waals surface area contributed by atoms with Gasteiger partial charge in [0.25, 0.3) is 5.91 Å². The number of aryl methyl sites for hydroxylation is 1. The number of fused-ring (bicyclic) bond motifs is 2. The van der Waals surface area contributed by atoms with E-state index in [1.165, 1.54) is 0 Å². The van der Waals surface area contributed by atoms with E-state index in [9.17, 15) is 9.59 Å². The largest absolute Gasteiger partial charge is 0.383 e. The van der Waals surface area contributed by atoms with Crippen LogP contribution in [0, 0.1) is 6.92 Å². The number of rotatable bonds is 4. The Morgan fingerprint density at radius 3 is 2.79 bits per heavy atom. The van der Waals surface area contributed by atoms with Crippen LogP contribution in [0.25, 0.3) is 21.8 Å². The molecule has 0 saturated heterocycles. The number of carbonyl (C=O) groups is 1. The Morgan fingerprint density at radius 2 is 2.04 bits per heavy atom. The lowest BCUT2D eigenvalue weighted by Crippen LogP contribution is -2.27. The molecule has 6 heteroatoms. The Morgan fingerprint density at radius 1 is 1.25 bits per heavy atom. The van der Waals surface area contributed by atoms with Crippen molar-refractivity contribution in [2.45, 2.75) is 6.92 Å². The number of H-pyrrole nitrogens is 1. The molecule has 0 aliphatic heterocycles. The van der Waals surface area contributed by atoms with Crippen molar-refractivity contribution >= 4 is 39.3 Å². The van der Waals surface area contributed by atoms with Crippen molar-refractivity contribution in [3.63, 3.8) is 0 Å². The molecule has 0 saturated carbocycles. The number of methoxy groups -OCH3 is 1. The fourth-order valence-electron chi connectivity index (χ4n) is 2.76. The van der Waals surface area contributed by atoms with Gasteiger partial charge in [-0.05, 0) is 30.7 Å². The van der Waals surface area contributed by atoms with E-state index in [4.69, 9.17) is 16.3 Å². The number of halogens is 1. The summed E-state index contributed by atoms with van der Waals surface area (Å²) in [5.41, 5.74) is 2.29. The van der Waals surface area contributed by atoms with Crippen LogP contribution in [0.3, 0.4) is 0 Å². The van der Waals surface area contributed by atoms with E-state index in [0.717, 1.165) is 5.56 Å². The summed E-state index contributed by atoms with van der Waals surface area (Å²) < 4.78 is 4.93. The standard InChI is InChI=1S/C18H17ClN2O3/c1-10-4-3-5-11-15(10)21-16-12(18(23)20-8-9-24-2)6-7-13(19)14(16)17(11)22/h3-7H,8-9H2,1-2H3,(H,20,23)(H,21,22). The summed E-state index contributed by atoms with van der Waals surface area (Å²) in [6, 6.07) is 8.68. The highest BCUT2D eigenvalue weighted by Gasteiger charge is 2.16. The SMILES string of the molecule is COCCNC(=O)c1ccc(Cl)c2c(=O)c3cccc(C)c3[nH]c12. The van der Waals surface area contributed by atoms with Gasteiger partial charge in [-0.3, -0.25) is 9.59 Å². The normalized spacial score (nSPS) is 11.1. The molecule has 0 aliphatic rings. The second kappa shape index (κ2) is 6.63. The molecule has 0 radical (unpaired) electrons. The number of pyridine rings is 1. The molecule has 0 spiro atoms. The van der Waals surface area contributed by atoms with Gasteiger partial charge in [0.1, 0.15) is 0 Å². The molecule has 2 aromatic carbocycles. The molecule has 1 amide bonds. The van der Waals surface area contributed by atoms with Crippen molar-refractivity contribution < 1.29 is 9.53 Å². The first-order valence-electron chi connectivity index (χ1n) is 7.55. The van der Waals surface area contributed by atoms with E-state index in [1.54, 1.807) is 25.3 Å². The number of carbonyl (C=O) groups excluding carboxylic acids is 1. The number of nitrogens with one attached hydrogen (secondary N) is 2. The number of para-hydroxylation sites is 1. The lowest BCUT2D eigenvalue weighted by Gasteiger charge is -2.11. The second-order valence-corrected chi connectivity index (χ2v) is 5.95. The average Bonchev–Trinajstić information content (AvgIpc) is 2.56. The molecule has 5 nitrogen and oxygen atoms in total. The van der Waals surface area contributed by atoms with E-state index in [-0.39, 0.29) is 11.3 Å². The first-order valence-corrected chi connectivity index (χ1v) is 7.93. The highest BCUT2D eigenvalue weighted by atomic mass is 35.5. The molecular weight excluding hydrogens is 328 g/mol. The molecule has 3 rings (SSSR count). The molecule has 0 aliphatic carbocycles. The van der Waals surface area contributed by atoms with Crippen LogP contribution < -0.4 is 10.7 Å². The van der Waals surface area contributed by atoms with Gasteiger partial charge in [0.05, 0.1) is 33.6 Å². The van der Waals surface area contributed by atoms with Gasteiger partial charge >= 0.3 is 0 Å². The summed E-state index contributed by atoms with van der Waals surface area (Å²) in [5.74, 6) is -0.280. The van der Waals surface area contributed by atoms with Crippen molar-refractivity contribution in [2.24, 2.45) is 0 Å². The molecule has 1 aromatic heterocycles. The number of ether oxygens (including phenoxy) is 1. The molecule has 0 fully saturated rings. The van der Waals surface area contributed by atoms with Gasteiger partial charge in [-0.25, -0.2) is 0 Å². The Hall–Kier alpha value is -2.37. The van der Waals surface area contributed by atoms with E-state index >= 15 is 0 Å². The van der Waals surface area contributed by atoms with Gasteiger partial charge in [-0.1, -0.05) is 23.7 Å². The molecule has 0 bridgehead atoms. The van der Waals surface area contributed by atoms with Crippen LogP contribution in [-0.4, -0.2) is 31.2 Å². The minimum absolute atomic E-state index is 0.181. The molecule has 0 atom stereocenters. The van der Waals surface area contributed by atoms with Gasteiger partial charge in [0, 0.05) is 19.0 Å². The molecule has 124 valence electrons. The first-order chi connectivity index (χ1) is 11.5. The third-order valence-electron chi connectivity index (χ3n) is 3.99. The number of benzene rings is 2. The minimum Gasteiger partial charge on any atom is -0.383 e. The summed E-state index contributed by atoms with van der Waals surface area (Å²) in [6.45, 7) is 2.71. The van der Waals surface area contributed by atoms with E-state index < -0.39 is 0 Å². The fraction of sp³-hybridized carbons (Fsp3) is 0.222. The second-order valence-electron chi connectivity index (χ2n) is 5.55. The molecule has 24 heavy (non-hydrogen) atoms. The van der Waals surface area contributed by atoms with Gasteiger partial charge in [-0.2, -0.15) is 0 Å². The predicted octanol–water partition coefficient (Wildman–Crippen LogP) is 3.02. The molecule has 3 aromatic rings. The lowest BCUT2D eigenvalue weighted by atomic mass is 10.0. The Bertz CT molecular complexity index is 995. The zero-order valence-corrected chi connectivity index (χ0v) is 14.2. The van der Waals surface area contributed by atoms with Crippen LogP contribution in [0.15, 0.2) is 35.1 Å². The van der Waals surface area contributed by atoms with Crippen molar-refractivity contribution in [1.82, 2.24) is 10.3 Å². The van der Waals surface area contributed by atoms with Crippen LogP contribution in [0.4, 0.5) is 0 Å². The quantitative estimate of drug-likeness (QED) is 0.564. The fourth-order valence-corrected chi connectivity index (χ4v) is 3.01. The number of amides is 1. The number of hydrogen-bond donors (Lipinski definition) is 2. The van der Waals surface area contributed by atoms with E-state index in [2.05, 4.69) is 10.3 Å². The van der Waals surface area contributed by atoms with E-state index in [1.807, 2.05) is 19.1 Å². The maximum Gasteiger partial charge on any atom is 0.253 e. The third kappa shape index (κ3) is 2.77. The smallest absolute Gasteiger partial charge is 0.253 e. The average molecular weight is 345 g/mol. The van der Waals surface area contributed by atoms with Crippen LogP contribution in [0.2, 0.25) is 5.02 Å². The van der Waals surface area contributed by atoms with Crippen LogP contribution in [-0.2, 0) is 4.74 Å². The maximum atomic E-state index is 12.8. The predicted molar refractivity (Wildman–Crippen MR) is 96.0 cm³/mol. The molecular formula is C18H17ClN2O3. The van der Waals surface area contributed by atoms with Gasteiger partial charge in [0.2, 0.25) is 0 Å². The molecule has 0 unspecified atom stereocenters. The van der Waals surface area contributed by atoms with Crippen molar-refractivity contribution in [1.29, 1.82) is 0 Å². The lowest BCUT2D eigenvalue weighted by molar-refractivity contribution is 0.0938. The van der Waals surface area contributed by atoms with Crippen LogP contribution >= 0.6 is 11.6 Å².